The van der Waals surface area contributed by atoms with E-state index >= 15 is 0 Å². The molecule has 4 heteroatoms. The highest BCUT2D eigenvalue weighted by Crippen LogP contribution is 2.24. The lowest BCUT2D eigenvalue weighted by Gasteiger charge is -2.27. The number of rotatable bonds is 4. The molecule has 3 N–H and O–H groups in total. The number of aryl methyl sites for hydroxylation is 2. The van der Waals surface area contributed by atoms with Crippen molar-refractivity contribution in [2.75, 3.05) is 6.54 Å². The molecule has 4 nitrogen and oxygen atoms in total. The highest BCUT2D eigenvalue weighted by atomic mass is 16.3. The third kappa shape index (κ3) is 2.44. The molecule has 0 spiro atoms. The van der Waals surface area contributed by atoms with E-state index in [-0.39, 0.29) is 6.54 Å². The Balaban J connectivity index is 2.32. The summed E-state index contributed by atoms with van der Waals surface area (Å²) in [5.74, 6) is 0. The first-order valence-corrected chi connectivity index (χ1v) is 6.02. The van der Waals surface area contributed by atoms with Gasteiger partial charge in [0.25, 0.3) is 0 Å². The molecule has 0 radical (unpaired) electrons. The molecule has 0 aliphatic heterocycles. The summed E-state index contributed by atoms with van der Waals surface area (Å²) in [4.78, 5) is 0. The van der Waals surface area contributed by atoms with Crippen LogP contribution >= 0.6 is 0 Å². The maximum atomic E-state index is 10.7. The van der Waals surface area contributed by atoms with Gasteiger partial charge in [-0.3, -0.25) is 4.68 Å². The molecule has 0 saturated heterocycles. The van der Waals surface area contributed by atoms with Crippen LogP contribution in [-0.2, 0) is 19.1 Å². The monoisotopic (exact) mass is 245 g/mol. The lowest BCUT2D eigenvalue weighted by atomic mass is 9.89. The summed E-state index contributed by atoms with van der Waals surface area (Å²) < 4.78 is 1.79. The van der Waals surface area contributed by atoms with Gasteiger partial charge in [0.05, 0.1) is 5.69 Å². The number of aliphatic hydroxyl groups is 1. The maximum Gasteiger partial charge on any atom is 0.107 e. The minimum atomic E-state index is -1.04. The van der Waals surface area contributed by atoms with Gasteiger partial charge in [-0.1, -0.05) is 30.3 Å². The Morgan fingerprint density at radius 1 is 1.33 bits per heavy atom. The van der Waals surface area contributed by atoms with E-state index in [1.807, 2.05) is 50.4 Å². The molecule has 0 aliphatic rings. The van der Waals surface area contributed by atoms with Gasteiger partial charge >= 0.3 is 0 Å². The van der Waals surface area contributed by atoms with Crippen molar-refractivity contribution >= 4 is 0 Å². The van der Waals surface area contributed by atoms with Gasteiger partial charge in [-0.05, 0) is 18.6 Å². The van der Waals surface area contributed by atoms with Crippen molar-refractivity contribution < 1.29 is 5.11 Å². The van der Waals surface area contributed by atoms with E-state index in [1.54, 1.807) is 4.68 Å². The average molecular weight is 245 g/mol. The molecule has 0 saturated carbocycles. The Morgan fingerprint density at radius 3 is 2.50 bits per heavy atom. The van der Waals surface area contributed by atoms with Crippen LogP contribution in [0.4, 0.5) is 0 Å². The number of hydrogen-bond donors (Lipinski definition) is 2. The Morgan fingerprint density at radius 2 is 2.00 bits per heavy atom. The summed E-state index contributed by atoms with van der Waals surface area (Å²) in [5, 5.41) is 15.0. The van der Waals surface area contributed by atoms with E-state index in [0.29, 0.717) is 6.42 Å². The van der Waals surface area contributed by atoms with Crippen molar-refractivity contribution in [3.05, 3.63) is 53.3 Å². The summed E-state index contributed by atoms with van der Waals surface area (Å²) in [7, 11) is 1.88. The van der Waals surface area contributed by atoms with Crippen LogP contribution in [0.1, 0.15) is 17.0 Å². The number of benzene rings is 1. The quantitative estimate of drug-likeness (QED) is 0.848. The van der Waals surface area contributed by atoms with Crippen LogP contribution in [0.3, 0.4) is 0 Å². The molecule has 1 aromatic heterocycles. The number of nitrogens with two attached hydrogens (primary N) is 1. The predicted octanol–water partition coefficient (Wildman–Crippen LogP) is 1.12. The largest absolute Gasteiger partial charge is 0.383 e. The van der Waals surface area contributed by atoms with Crippen LogP contribution in [0.25, 0.3) is 0 Å². The van der Waals surface area contributed by atoms with Crippen molar-refractivity contribution in [2.45, 2.75) is 18.9 Å². The molecule has 96 valence electrons. The van der Waals surface area contributed by atoms with Crippen molar-refractivity contribution in [3.8, 4) is 0 Å². The van der Waals surface area contributed by atoms with Gasteiger partial charge in [0.15, 0.2) is 0 Å². The molecule has 0 aliphatic carbocycles. The molecule has 1 aromatic carbocycles. The number of aromatic nitrogens is 2. The third-order valence-corrected chi connectivity index (χ3v) is 3.22. The SMILES string of the molecule is Cc1cc(CC(O)(CN)c2ccccc2)n(C)n1. The van der Waals surface area contributed by atoms with E-state index in [0.717, 1.165) is 17.0 Å². The topological polar surface area (TPSA) is 64.1 Å². The van der Waals surface area contributed by atoms with Crippen LogP contribution in [0, 0.1) is 6.92 Å². The van der Waals surface area contributed by atoms with Gasteiger partial charge in [-0.2, -0.15) is 5.10 Å². The summed E-state index contributed by atoms with van der Waals surface area (Å²) in [6, 6.07) is 11.5. The Labute approximate surface area is 107 Å². The standard InChI is InChI=1S/C14H19N3O/c1-11-8-13(17(2)16-11)9-14(18,10-15)12-6-4-3-5-7-12/h3-8,18H,9-10,15H2,1-2H3. The highest BCUT2D eigenvalue weighted by molar-refractivity contribution is 5.25. The van der Waals surface area contributed by atoms with E-state index in [4.69, 9.17) is 5.73 Å². The van der Waals surface area contributed by atoms with E-state index in [2.05, 4.69) is 5.10 Å². The minimum absolute atomic E-state index is 0.182. The van der Waals surface area contributed by atoms with Gasteiger partial charge in [-0.25, -0.2) is 0 Å². The second kappa shape index (κ2) is 4.92. The Hall–Kier alpha value is -1.65. The molecular formula is C14H19N3O. The fraction of sp³-hybridized carbons (Fsp3) is 0.357. The lowest BCUT2D eigenvalue weighted by molar-refractivity contribution is 0.0443. The van der Waals surface area contributed by atoms with Crippen LogP contribution in [0.15, 0.2) is 36.4 Å². The van der Waals surface area contributed by atoms with Gasteiger partial charge in [0, 0.05) is 25.7 Å². The first kappa shape index (κ1) is 12.8. The molecule has 18 heavy (non-hydrogen) atoms. The zero-order chi connectivity index (χ0) is 13.2. The first-order chi connectivity index (χ1) is 8.55. The van der Waals surface area contributed by atoms with Crippen molar-refractivity contribution in [1.29, 1.82) is 0 Å². The van der Waals surface area contributed by atoms with Crippen molar-refractivity contribution in [3.63, 3.8) is 0 Å². The molecule has 1 atom stereocenters. The molecule has 1 heterocycles. The predicted molar refractivity (Wildman–Crippen MR) is 71.0 cm³/mol. The molecule has 0 bridgehead atoms. The third-order valence-electron chi connectivity index (χ3n) is 3.22. The molecule has 1 unspecified atom stereocenters. The molecular weight excluding hydrogens is 226 g/mol. The molecule has 0 amide bonds. The smallest absolute Gasteiger partial charge is 0.107 e. The second-order valence-corrected chi connectivity index (χ2v) is 4.68. The van der Waals surface area contributed by atoms with Gasteiger partial charge in [0.2, 0.25) is 0 Å². The van der Waals surface area contributed by atoms with E-state index < -0.39 is 5.60 Å². The average Bonchev–Trinajstić information content (AvgIpc) is 2.68. The molecule has 0 fully saturated rings. The summed E-state index contributed by atoms with van der Waals surface area (Å²) >= 11 is 0. The van der Waals surface area contributed by atoms with Crippen LogP contribution in [-0.4, -0.2) is 21.4 Å². The summed E-state index contributed by atoms with van der Waals surface area (Å²) in [5.41, 5.74) is 7.48. The summed E-state index contributed by atoms with van der Waals surface area (Å²) in [6.45, 7) is 2.12. The van der Waals surface area contributed by atoms with Crippen LogP contribution < -0.4 is 5.73 Å². The summed E-state index contributed by atoms with van der Waals surface area (Å²) in [6.07, 6.45) is 0.463. The van der Waals surface area contributed by atoms with Crippen LogP contribution in [0.5, 0.6) is 0 Å². The fourth-order valence-electron chi connectivity index (χ4n) is 2.17. The molecule has 2 aromatic rings. The zero-order valence-corrected chi connectivity index (χ0v) is 10.8. The Kier molecular flexibility index (Phi) is 3.50. The zero-order valence-electron chi connectivity index (χ0n) is 10.8. The van der Waals surface area contributed by atoms with Crippen molar-refractivity contribution in [2.24, 2.45) is 12.8 Å². The maximum absolute atomic E-state index is 10.7. The van der Waals surface area contributed by atoms with Crippen LogP contribution in [0.2, 0.25) is 0 Å². The van der Waals surface area contributed by atoms with Crippen molar-refractivity contribution in [1.82, 2.24) is 9.78 Å². The minimum Gasteiger partial charge on any atom is -0.383 e. The van der Waals surface area contributed by atoms with Gasteiger partial charge in [-0.15, -0.1) is 0 Å². The Bertz CT molecular complexity index is 521. The number of hydrogen-bond acceptors (Lipinski definition) is 3. The number of nitrogens with zero attached hydrogens (tertiary/aromatic N) is 2. The normalized spacial score (nSPS) is 14.4. The fourth-order valence-corrected chi connectivity index (χ4v) is 2.17. The van der Waals surface area contributed by atoms with E-state index in [9.17, 15) is 5.11 Å². The van der Waals surface area contributed by atoms with Gasteiger partial charge < -0.3 is 10.8 Å². The molecule has 2 rings (SSSR count). The first-order valence-electron chi connectivity index (χ1n) is 6.02. The lowest BCUT2D eigenvalue weighted by Crippen LogP contribution is -2.37. The van der Waals surface area contributed by atoms with Gasteiger partial charge in [0.1, 0.15) is 5.60 Å². The second-order valence-electron chi connectivity index (χ2n) is 4.68. The highest BCUT2D eigenvalue weighted by Gasteiger charge is 2.29. The van der Waals surface area contributed by atoms with E-state index in [1.165, 1.54) is 0 Å².